The summed E-state index contributed by atoms with van der Waals surface area (Å²) in [5.41, 5.74) is 1.66. The lowest BCUT2D eigenvalue weighted by atomic mass is 9.94. The number of carboxylic acids is 1. The first-order chi connectivity index (χ1) is 10.1. The van der Waals surface area contributed by atoms with E-state index in [0.29, 0.717) is 17.0 Å². The number of piperidine rings is 1. The van der Waals surface area contributed by atoms with Crippen molar-refractivity contribution in [2.45, 2.75) is 38.5 Å². The molecule has 3 rings (SSSR count). The van der Waals surface area contributed by atoms with Crippen molar-refractivity contribution in [3.05, 3.63) is 34.9 Å². The highest BCUT2D eigenvalue weighted by Crippen LogP contribution is 2.43. The Kier molecular flexibility index (Phi) is 3.70. The standard InChI is InChI=1S/C17H21NO3/c1-11-4-3-9-18(10-11)16(19)13-5-2-6-14(17(20)21)15(13)12-7-8-12/h2,5-6,11-12H,3-4,7-10H2,1H3,(H,20,21). The molecule has 112 valence electrons. The lowest BCUT2D eigenvalue weighted by molar-refractivity contribution is 0.0681. The predicted molar refractivity (Wildman–Crippen MR) is 79.7 cm³/mol. The maximum absolute atomic E-state index is 12.8. The second-order valence-corrected chi connectivity index (χ2v) is 6.34. The molecule has 1 aliphatic carbocycles. The topological polar surface area (TPSA) is 57.6 Å². The summed E-state index contributed by atoms with van der Waals surface area (Å²) in [5.74, 6) is -0.154. The van der Waals surface area contributed by atoms with E-state index in [1.807, 2.05) is 4.90 Å². The predicted octanol–water partition coefficient (Wildman–Crippen LogP) is 3.13. The second-order valence-electron chi connectivity index (χ2n) is 6.34. The van der Waals surface area contributed by atoms with Crippen LogP contribution in [0.4, 0.5) is 0 Å². The van der Waals surface area contributed by atoms with E-state index in [-0.39, 0.29) is 11.8 Å². The van der Waals surface area contributed by atoms with Gasteiger partial charge < -0.3 is 10.0 Å². The molecule has 0 bridgehead atoms. The molecule has 1 aliphatic heterocycles. The molecule has 21 heavy (non-hydrogen) atoms. The van der Waals surface area contributed by atoms with E-state index >= 15 is 0 Å². The van der Waals surface area contributed by atoms with Gasteiger partial charge in [-0.25, -0.2) is 4.79 Å². The average Bonchev–Trinajstić information content (AvgIpc) is 3.30. The molecule has 1 aromatic rings. The third-order valence-corrected chi connectivity index (χ3v) is 4.50. The van der Waals surface area contributed by atoms with E-state index < -0.39 is 5.97 Å². The lowest BCUT2D eigenvalue weighted by Gasteiger charge is -2.31. The summed E-state index contributed by atoms with van der Waals surface area (Å²) in [6, 6.07) is 5.10. The number of hydrogen-bond donors (Lipinski definition) is 1. The number of hydrogen-bond acceptors (Lipinski definition) is 2. The second kappa shape index (κ2) is 5.51. The number of benzene rings is 1. The van der Waals surface area contributed by atoms with Gasteiger partial charge in [0, 0.05) is 18.7 Å². The Morgan fingerprint density at radius 3 is 2.52 bits per heavy atom. The molecule has 1 unspecified atom stereocenters. The third-order valence-electron chi connectivity index (χ3n) is 4.50. The first-order valence-electron chi connectivity index (χ1n) is 7.73. The number of likely N-dealkylation sites (tertiary alicyclic amines) is 1. The maximum atomic E-state index is 12.8. The maximum Gasteiger partial charge on any atom is 0.335 e. The molecule has 1 saturated carbocycles. The van der Waals surface area contributed by atoms with Crippen LogP contribution in [0, 0.1) is 5.92 Å². The van der Waals surface area contributed by atoms with E-state index in [0.717, 1.165) is 44.3 Å². The summed E-state index contributed by atoms with van der Waals surface area (Å²) >= 11 is 0. The highest BCUT2D eigenvalue weighted by Gasteiger charge is 2.34. The first kappa shape index (κ1) is 14.1. The summed E-state index contributed by atoms with van der Waals surface area (Å²) < 4.78 is 0. The van der Waals surface area contributed by atoms with Crippen molar-refractivity contribution in [2.75, 3.05) is 13.1 Å². The molecular weight excluding hydrogens is 266 g/mol. The van der Waals surface area contributed by atoms with Crippen LogP contribution in [0.25, 0.3) is 0 Å². The van der Waals surface area contributed by atoms with Gasteiger partial charge in [0.25, 0.3) is 5.91 Å². The van der Waals surface area contributed by atoms with Crippen molar-refractivity contribution in [2.24, 2.45) is 5.92 Å². The molecule has 1 saturated heterocycles. The monoisotopic (exact) mass is 287 g/mol. The summed E-state index contributed by atoms with van der Waals surface area (Å²) in [4.78, 5) is 26.1. The number of carbonyl (C=O) groups is 2. The van der Waals surface area contributed by atoms with Gasteiger partial charge >= 0.3 is 5.97 Å². The number of carboxylic acid groups (broad SMARTS) is 1. The molecule has 0 spiro atoms. The third kappa shape index (κ3) is 2.80. The highest BCUT2D eigenvalue weighted by atomic mass is 16.4. The summed E-state index contributed by atoms with van der Waals surface area (Å²) in [6.07, 6.45) is 4.17. The van der Waals surface area contributed by atoms with Crippen LogP contribution < -0.4 is 0 Å². The molecule has 0 radical (unpaired) electrons. The number of aromatic carboxylic acids is 1. The van der Waals surface area contributed by atoms with Crippen LogP contribution >= 0.6 is 0 Å². The molecule has 1 aromatic carbocycles. The Balaban J connectivity index is 1.95. The first-order valence-corrected chi connectivity index (χ1v) is 7.73. The van der Waals surface area contributed by atoms with Crippen molar-refractivity contribution in [1.29, 1.82) is 0 Å². The van der Waals surface area contributed by atoms with Gasteiger partial charge in [-0.2, -0.15) is 0 Å². The molecule has 2 aliphatic rings. The van der Waals surface area contributed by atoms with Crippen LogP contribution in [0.3, 0.4) is 0 Å². The van der Waals surface area contributed by atoms with Crippen molar-refractivity contribution in [3.8, 4) is 0 Å². The molecule has 1 heterocycles. The molecule has 0 aromatic heterocycles. The Morgan fingerprint density at radius 1 is 1.19 bits per heavy atom. The van der Waals surface area contributed by atoms with E-state index in [1.165, 1.54) is 0 Å². The van der Waals surface area contributed by atoms with Crippen molar-refractivity contribution >= 4 is 11.9 Å². The fourth-order valence-electron chi connectivity index (χ4n) is 3.29. The van der Waals surface area contributed by atoms with Crippen LogP contribution in [0.5, 0.6) is 0 Å². The molecular formula is C17H21NO3. The number of carbonyl (C=O) groups excluding carboxylic acids is 1. The highest BCUT2D eigenvalue weighted by molar-refractivity contribution is 6.00. The van der Waals surface area contributed by atoms with Gasteiger partial charge in [-0.3, -0.25) is 4.79 Å². The molecule has 1 amide bonds. The van der Waals surface area contributed by atoms with E-state index in [1.54, 1.807) is 18.2 Å². The fourth-order valence-corrected chi connectivity index (χ4v) is 3.29. The van der Waals surface area contributed by atoms with E-state index in [9.17, 15) is 14.7 Å². The fraction of sp³-hybridized carbons (Fsp3) is 0.529. The van der Waals surface area contributed by atoms with Crippen LogP contribution in [0.1, 0.15) is 64.8 Å². The van der Waals surface area contributed by atoms with Gasteiger partial charge in [0.1, 0.15) is 0 Å². The minimum Gasteiger partial charge on any atom is -0.478 e. The largest absolute Gasteiger partial charge is 0.478 e. The van der Waals surface area contributed by atoms with Crippen molar-refractivity contribution in [1.82, 2.24) is 4.90 Å². The molecule has 2 fully saturated rings. The molecule has 1 atom stereocenters. The normalized spacial score (nSPS) is 22.1. The zero-order valence-corrected chi connectivity index (χ0v) is 12.3. The molecule has 4 heteroatoms. The summed E-state index contributed by atoms with van der Waals surface area (Å²) in [7, 11) is 0. The Hall–Kier alpha value is -1.84. The van der Waals surface area contributed by atoms with E-state index in [4.69, 9.17) is 0 Å². The zero-order valence-electron chi connectivity index (χ0n) is 12.3. The quantitative estimate of drug-likeness (QED) is 0.929. The van der Waals surface area contributed by atoms with Crippen LogP contribution in [-0.2, 0) is 0 Å². The van der Waals surface area contributed by atoms with Crippen LogP contribution in [0.15, 0.2) is 18.2 Å². The Labute approximate surface area is 124 Å². The van der Waals surface area contributed by atoms with Crippen molar-refractivity contribution in [3.63, 3.8) is 0 Å². The van der Waals surface area contributed by atoms with Gasteiger partial charge in [-0.1, -0.05) is 13.0 Å². The van der Waals surface area contributed by atoms with Gasteiger partial charge in [-0.05, 0) is 55.2 Å². The number of nitrogens with zero attached hydrogens (tertiary/aromatic N) is 1. The molecule has 4 nitrogen and oxygen atoms in total. The molecule has 1 N–H and O–H groups in total. The smallest absolute Gasteiger partial charge is 0.335 e. The minimum atomic E-state index is -0.932. The summed E-state index contributed by atoms with van der Waals surface area (Å²) in [6.45, 7) is 3.72. The average molecular weight is 287 g/mol. The van der Waals surface area contributed by atoms with Gasteiger partial charge in [0.15, 0.2) is 0 Å². The SMILES string of the molecule is CC1CCCN(C(=O)c2cccc(C(=O)O)c2C2CC2)C1. The number of rotatable bonds is 3. The Bertz CT molecular complexity index is 577. The van der Waals surface area contributed by atoms with Gasteiger partial charge in [0.05, 0.1) is 5.56 Å². The van der Waals surface area contributed by atoms with Crippen LogP contribution in [-0.4, -0.2) is 35.0 Å². The number of amides is 1. The Morgan fingerprint density at radius 2 is 1.90 bits per heavy atom. The minimum absolute atomic E-state index is 0.00606. The zero-order chi connectivity index (χ0) is 15.0. The van der Waals surface area contributed by atoms with E-state index in [2.05, 4.69) is 6.92 Å². The van der Waals surface area contributed by atoms with Crippen molar-refractivity contribution < 1.29 is 14.7 Å². The summed E-state index contributed by atoms with van der Waals surface area (Å²) in [5, 5.41) is 9.38. The van der Waals surface area contributed by atoms with Crippen LogP contribution in [0.2, 0.25) is 0 Å². The van der Waals surface area contributed by atoms with Gasteiger partial charge in [-0.15, -0.1) is 0 Å². The lowest BCUT2D eigenvalue weighted by Crippen LogP contribution is -2.39. The van der Waals surface area contributed by atoms with Gasteiger partial charge in [0.2, 0.25) is 0 Å².